The number of rotatable bonds is 9. The number of aromatic nitrogens is 2. The number of fused-ring (bicyclic) bond motifs is 1. The van der Waals surface area contributed by atoms with E-state index in [4.69, 9.17) is 14.5 Å². The fourth-order valence-corrected chi connectivity index (χ4v) is 5.98. The van der Waals surface area contributed by atoms with Crippen LogP contribution >= 0.6 is 0 Å². The molecule has 2 saturated carbocycles. The van der Waals surface area contributed by atoms with Gasteiger partial charge in [-0.3, -0.25) is 4.79 Å². The monoisotopic (exact) mass is 514 g/mol. The van der Waals surface area contributed by atoms with Crippen molar-refractivity contribution in [3.05, 3.63) is 54.1 Å². The highest BCUT2D eigenvalue weighted by Gasteiger charge is 2.49. The fourth-order valence-electron chi connectivity index (χ4n) is 5.98. The lowest BCUT2D eigenvalue weighted by molar-refractivity contribution is -0.116. The summed E-state index contributed by atoms with van der Waals surface area (Å²) in [5, 5.41) is 3.74. The maximum atomic E-state index is 14.4. The van der Waals surface area contributed by atoms with Crippen LogP contribution in [0.3, 0.4) is 0 Å². The summed E-state index contributed by atoms with van der Waals surface area (Å²) in [5.74, 6) is 4.29. The number of ether oxygens (including phenoxy) is 2. The topological polar surface area (TPSA) is 68.6 Å². The average Bonchev–Trinajstić information content (AvgIpc) is 3.31. The summed E-state index contributed by atoms with van der Waals surface area (Å²) in [6, 6.07) is 14.1. The van der Waals surface area contributed by atoms with Gasteiger partial charge in [-0.05, 0) is 63.5 Å². The van der Waals surface area contributed by atoms with Crippen LogP contribution in [0.25, 0.3) is 16.6 Å². The average molecular weight is 515 g/mol. The summed E-state index contributed by atoms with van der Waals surface area (Å²) in [6.07, 6.45) is 7.46. The van der Waals surface area contributed by atoms with Crippen LogP contribution < -0.4 is 19.7 Å². The summed E-state index contributed by atoms with van der Waals surface area (Å²) in [7, 11) is 3.30. The minimum atomic E-state index is -0.825. The number of imidazole rings is 1. The molecule has 7 heteroatoms. The number of nitrogens with zero attached hydrogens (tertiary/aromatic N) is 3. The van der Waals surface area contributed by atoms with E-state index in [9.17, 15) is 4.79 Å². The molecule has 6 rings (SSSR count). The predicted octanol–water partition coefficient (Wildman–Crippen LogP) is 5.78. The van der Waals surface area contributed by atoms with Crippen molar-refractivity contribution in [3.63, 3.8) is 0 Å². The van der Waals surface area contributed by atoms with Crippen molar-refractivity contribution >= 4 is 28.1 Å². The Morgan fingerprint density at radius 2 is 1.63 bits per heavy atom. The number of carbonyl (C=O) groups is 1. The highest BCUT2D eigenvalue weighted by atomic mass is 16.5. The molecule has 38 heavy (non-hydrogen) atoms. The Bertz CT molecular complexity index is 1380. The summed E-state index contributed by atoms with van der Waals surface area (Å²) in [5.41, 5.74) is 2.72. The predicted molar refractivity (Wildman–Crippen MR) is 150 cm³/mol. The third-order valence-corrected chi connectivity index (χ3v) is 8.72. The van der Waals surface area contributed by atoms with Crippen LogP contribution in [-0.2, 0) is 11.3 Å². The third-order valence-electron chi connectivity index (χ3n) is 8.72. The molecule has 0 saturated heterocycles. The molecule has 0 atom stereocenters. The van der Waals surface area contributed by atoms with Gasteiger partial charge in [0.2, 0.25) is 0 Å². The second-order valence-corrected chi connectivity index (χ2v) is 11.5. The molecule has 3 aromatic rings. The molecule has 0 spiro atoms. The number of methoxy groups -OCH3 is 2. The number of hydrogen-bond donors (Lipinski definition) is 1. The Labute approximate surface area is 224 Å². The first-order valence-corrected chi connectivity index (χ1v) is 13.9. The van der Waals surface area contributed by atoms with Crippen molar-refractivity contribution in [3.8, 4) is 11.5 Å². The Morgan fingerprint density at radius 1 is 0.974 bits per heavy atom. The second kappa shape index (κ2) is 9.68. The van der Waals surface area contributed by atoms with E-state index in [2.05, 4.69) is 26.9 Å². The van der Waals surface area contributed by atoms with Gasteiger partial charge in [0.15, 0.2) is 5.78 Å². The number of nitrogens with one attached hydrogen (secondary N) is 1. The van der Waals surface area contributed by atoms with Crippen LogP contribution in [0.15, 0.2) is 48.3 Å². The minimum absolute atomic E-state index is 0.0700. The second-order valence-electron chi connectivity index (χ2n) is 11.5. The largest absolute Gasteiger partial charge is 0.497 e. The van der Waals surface area contributed by atoms with Crippen molar-refractivity contribution in [2.24, 2.45) is 11.8 Å². The maximum absolute atomic E-state index is 14.4. The molecule has 1 aliphatic heterocycles. The number of carbonyl (C=O) groups excluding carboxylic acids is 1. The molecule has 2 heterocycles. The molecule has 200 valence electrons. The van der Waals surface area contributed by atoms with E-state index < -0.39 is 5.54 Å². The van der Waals surface area contributed by atoms with Gasteiger partial charge in [-0.15, -0.1) is 0 Å². The quantitative estimate of drug-likeness (QED) is 0.390. The Balaban J connectivity index is 1.55. The van der Waals surface area contributed by atoms with E-state index in [0.29, 0.717) is 28.9 Å². The Kier molecular flexibility index (Phi) is 6.33. The van der Waals surface area contributed by atoms with Gasteiger partial charge in [0.25, 0.3) is 0 Å². The van der Waals surface area contributed by atoms with E-state index in [1.54, 1.807) is 14.2 Å². The molecule has 0 radical (unpaired) electrons. The highest BCUT2D eigenvalue weighted by Crippen LogP contribution is 2.44. The van der Waals surface area contributed by atoms with Crippen molar-refractivity contribution in [2.45, 2.75) is 64.5 Å². The van der Waals surface area contributed by atoms with E-state index >= 15 is 0 Å². The van der Waals surface area contributed by atoms with Gasteiger partial charge >= 0.3 is 0 Å². The summed E-state index contributed by atoms with van der Waals surface area (Å²) in [4.78, 5) is 21.6. The number of benzene rings is 2. The van der Waals surface area contributed by atoms with Crippen LogP contribution in [0, 0.1) is 11.8 Å². The highest BCUT2D eigenvalue weighted by molar-refractivity contribution is 6.29. The lowest BCUT2D eigenvalue weighted by Gasteiger charge is -2.36. The lowest BCUT2D eigenvalue weighted by atomic mass is 9.85. The normalized spacial score (nSPS) is 19.6. The molecule has 2 aliphatic carbocycles. The van der Waals surface area contributed by atoms with Gasteiger partial charge in [0.1, 0.15) is 34.3 Å². The van der Waals surface area contributed by atoms with Gasteiger partial charge in [-0.1, -0.05) is 25.0 Å². The maximum Gasteiger partial charge on any atom is 0.195 e. The van der Waals surface area contributed by atoms with Gasteiger partial charge in [-0.2, -0.15) is 0 Å². The molecule has 0 bridgehead atoms. The first-order valence-electron chi connectivity index (χ1n) is 13.9. The van der Waals surface area contributed by atoms with Crippen molar-refractivity contribution < 1.29 is 14.3 Å². The standard InChI is InChI=1S/C31H38N4O3/c1-31(2)28(36)27(30-33-25-13-5-6-14-26(25)34(30)19-21-11-8-12-21)29(32-18-20-9-7-10-20)35(31)22-15-23(37-3)17-24(16-22)38-4/h5-6,13-17,20-21,32H,7-12,18-19H2,1-4H3. The molecule has 3 aliphatic rings. The summed E-state index contributed by atoms with van der Waals surface area (Å²) in [6.45, 7) is 5.72. The van der Waals surface area contributed by atoms with E-state index in [-0.39, 0.29) is 5.78 Å². The van der Waals surface area contributed by atoms with Crippen LogP contribution in [0.2, 0.25) is 0 Å². The number of hydrogen-bond acceptors (Lipinski definition) is 6. The lowest BCUT2D eigenvalue weighted by Crippen LogP contribution is -2.47. The molecule has 0 unspecified atom stereocenters. The molecule has 0 amide bonds. The molecule has 2 aromatic carbocycles. The van der Waals surface area contributed by atoms with Crippen LogP contribution in [0.5, 0.6) is 11.5 Å². The van der Waals surface area contributed by atoms with Crippen molar-refractivity contribution in [1.82, 2.24) is 14.9 Å². The summed E-state index contributed by atoms with van der Waals surface area (Å²) < 4.78 is 13.5. The van der Waals surface area contributed by atoms with Gasteiger partial charge in [0, 0.05) is 31.3 Å². The molecule has 1 N–H and O–H groups in total. The molecular formula is C31H38N4O3. The smallest absolute Gasteiger partial charge is 0.195 e. The minimum Gasteiger partial charge on any atom is -0.497 e. The van der Waals surface area contributed by atoms with E-state index in [0.717, 1.165) is 41.5 Å². The SMILES string of the molecule is COc1cc(OC)cc(N2C(NCC3CCC3)=C(c3nc4ccccc4n3CC3CCC3)C(=O)C2(C)C)c1. The fraction of sp³-hybridized carbons (Fsp3) is 0.484. The third kappa shape index (κ3) is 4.12. The number of anilines is 1. The van der Waals surface area contributed by atoms with Crippen LogP contribution in [0.4, 0.5) is 5.69 Å². The molecule has 7 nitrogen and oxygen atoms in total. The van der Waals surface area contributed by atoms with Crippen molar-refractivity contribution in [2.75, 3.05) is 25.7 Å². The first-order chi connectivity index (χ1) is 18.4. The number of ketones is 1. The number of Topliss-reactive ketones (excluding diaryl/α,β-unsaturated/α-hetero) is 1. The zero-order valence-electron chi connectivity index (χ0n) is 22.9. The molecular weight excluding hydrogens is 476 g/mol. The van der Waals surface area contributed by atoms with Gasteiger partial charge < -0.3 is 24.3 Å². The first kappa shape index (κ1) is 24.8. The summed E-state index contributed by atoms with van der Waals surface area (Å²) >= 11 is 0. The zero-order chi connectivity index (χ0) is 26.4. The van der Waals surface area contributed by atoms with E-state index in [1.807, 2.05) is 44.2 Å². The van der Waals surface area contributed by atoms with Gasteiger partial charge in [0.05, 0.1) is 30.9 Å². The molecule has 1 aromatic heterocycles. The Morgan fingerprint density at radius 3 is 2.24 bits per heavy atom. The van der Waals surface area contributed by atoms with Gasteiger partial charge in [-0.25, -0.2) is 4.98 Å². The van der Waals surface area contributed by atoms with Crippen LogP contribution in [0.1, 0.15) is 58.2 Å². The van der Waals surface area contributed by atoms with Crippen LogP contribution in [-0.4, -0.2) is 41.6 Å². The number of para-hydroxylation sites is 2. The Hall–Kier alpha value is -3.48. The van der Waals surface area contributed by atoms with E-state index in [1.165, 1.54) is 38.5 Å². The zero-order valence-corrected chi connectivity index (χ0v) is 22.9. The molecule has 2 fully saturated rings. The van der Waals surface area contributed by atoms with Crippen molar-refractivity contribution in [1.29, 1.82) is 0 Å².